The number of alkyl halides is 3. The molecule has 13 heteroatoms. The molecule has 0 spiro atoms. The van der Waals surface area contributed by atoms with Crippen LogP contribution >= 0.6 is 11.6 Å². The van der Waals surface area contributed by atoms with Gasteiger partial charge >= 0.3 is 6.18 Å². The summed E-state index contributed by atoms with van der Waals surface area (Å²) < 4.78 is 45.0. The smallest absolute Gasteiger partial charge is 0.452 e. The third-order valence-electron chi connectivity index (χ3n) is 6.40. The van der Waals surface area contributed by atoms with Crippen molar-refractivity contribution in [2.24, 2.45) is 5.92 Å². The third kappa shape index (κ3) is 9.27. The molecule has 0 fully saturated rings. The monoisotopic (exact) mass is 618 g/mol. The first kappa shape index (κ1) is 33.1. The van der Waals surface area contributed by atoms with Crippen LogP contribution in [0.25, 0.3) is 0 Å². The molecular weight excluding hydrogens is 589 g/mol. The van der Waals surface area contributed by atoms with Crippen molar-refractivity contribution in [1.29, 1.82) is 0 Å². The fourth-order valence-corrected chi connectivity index (χ4v) is 4.31. The molecule has 3 amide bonds. The topological polar surface area (TPSA) is 126 Å². The van der Waals surface area contributed by atoms with Crippen LogP contribution in [0.1, 0.15) is 41.4 Å². The maximum absolute atomic E-state index is 13.7. The average molecular weight is 619 g/mol. The van der Waals surface area contributed by atoms with E-state index in [2.05, 4.69) is 20.9 Å². The van der Waals surface area contributed by atoms with Crippen LogP contribution in [0.3, 0.4) is 0 Å². The lowest BCUT2D eigenvalue weighted by Gasteiger charge is -2.27. The van der Waals surface area contributed by atoms with E-state index < -0.39 is 53.7 Å². The molecule has 0 aliphatic carbocycles. The molecule has 3 rings (SSSR count). The molecule has 0 saturated heterocycles. The zero-order valence-corrected chi connectivity index (χ0v) is 24.2. The molecule has 0 bridgehead atoms. The Bertz CT molecular complexity index is 1440. The number of nitrogens with zero attached hydrogens (tertiary/aromatic N) is 1. The SMILES string of the molecule is COc1ccc([C@H](NC(=O)[C@H](Cc2cccnc2)NC(=O)c2cccc(Cl)c2)C(=O)N[C@H](C(=O)C(F)(F)F)C(C)C)cc1. The van der Waals surface area contributed by atoms with E-state index in [-0.39, 0.29) is 17.5 Å². The van der Waals surface area contributed by atoms with Gasteiger partial charge in [0.05, 0.1) is 13.2 Å². The minimum Gasteiger partial charge on any atom is -0.497 e. The first-order valence-corrected chi connectivity index (χ1v) is 13.5. The van der Waals surface area contributed by atoms with Gasteiger partial charge in [-0.3, -0.25) is 24.2 Å². The second-order valence-corrected chi connectivity index (χ2v) is 10.3. The van der Waals surface area contributed by atoms with E-state index >= 15 is 0 Å². The fourth-order valence-electron chi connectivity index (χ4n) is 4.12. The first-order chi connectivity index (χ1) is 20.3. The lowest BCUT2D eigenvalue weighted by atomic mass is 9.97. The van der Waals surface area contributed by atoms with Gasteiger partial charge < -0.3 is 20.7 Å². The Morgan fingerprint density at radius 3 is 2.19 bits per heavy atom. The molecule has 3 aromatic rings. The van der Waals surface area contributed by atoms with Crippen molar-refractivity contribution in [1.82, 2.24) is 20.9 Å². The number of ketones is 1. The van der Waals surface area contributed by atoms with Gasteiger partial charge in [-0.25, -0.2) is 0 Å². The zero-order valence-electron chi connectivity index (χ0n) is 23.4. The summed E-state index contributed by atoms with van der Waals surface area (Å²) in [4.78, 5) is 56.3. The van der Waals surface area contributed by atoms with Crippen molar-refractivity contribution in [3.63, 3.8) is 0 Å². The Hall–Kier alpha value is -4.45. The molecule has 0 radical (unpaired) electrons. The summed E-state index contributed by atoms with van der Waals surface area (Å²) in [7, 11) is 1.42. The Balaban J connectivity index is 1.95. The lowest BCUT2D eigenvalue weighted by Crippen LogP contribution is -2.55. The number of methoxy groups -OCH3 is 1. The van der Waals surface area contributed by atoms with Gasteiger partial charge in [0.2, 0.25) is 11.8 Å². The fraction of sp³-hybridized carbons (Fsp3) is 0.300. The van der Waals surface area contributed by atoms with Crippen LogP contribution in [0.2, 0.25) is 5.02 Å². The van der Waals surface area contributed by atoms with Crippen molar-refractivity contribution < 1.29 is 37.1 Å². The molecular formula is C30H30ClF3N4O5. The summed E-state index contributed by atoms with van der Waals surface area (Å²) >= 11 is 6.01. The van der Waals surface area contributed by atoms with E-state index in [4.69, 9.17) is 16.3 Å². The maximum Gasteiger partial charge on any atom is 0.452 e. The highest BCUT2D eigenvalue weighted by Gasteiger charge is 2.45. The van der Waals surface area contributed by atoms with Crippen LogP contribution in [0.5, 0.6) is 5.75 Å². The second-order valence-electron chi connectivity index (χ2n) is 9.91. The number of nitrogens with one attached hydrogen (secondary N) is 3. The molecule has 2 aromatic carbocycles. The van der Waals surface area contributed by atoms with Crippen molar-refractivity contribution in [2.45, 2.75) is 44.6 Å². The molecule has 0 aliphatic rings. The molecule has 1 aromatic heterocycles. The molecule has 3 atom stereocenters. The van der Waals surface area contributed by atoms with Gasteiger partial charge in [0.1, 0.15) is 17.8 Å². The highest BCUT2D eigenvalue weighted by Crippen LogP contribution is 2.23. The number of aromatic nitrogens is 1. The third-order valence-corrected chi connectivity index (χ3v) is 6.63. The minimum atomic E-state index is -5.19. The highest BCUT2D eigenvalue weighted by molar-refractivity contribution is 6.31. The highest BCUT2D eigenvalue weighted by atomic mass is 35.5. The van der Waals surface area contributed by atoms with Crippen LogP contribution in [-0.4, -0.2) is 53.9 Å². The van der Waals surface area contributed by atoms with Crippen molar-refractivity contribution in [3.8, 4) is 5.75 Å². The molecule has 0 aliphatic heterocycles. The molecule has 43 heavy (non-hydrogen) atoms. The van der Waals surface area contributed by atoms with Crippen LogP contribution in [0.15, 0.2) is 73.1 Å². The van der Waals surface area contributed by atoms with Crippen LogP contribution < -0.4 is 20.7 Å². The number of benzene rings is 2. The predicted octanol–water partition coefficient (Wildman–Crippen LogP) is 4.21. The Labute approximate surface area is 251 Å². The minimum absolute atomic E-state index is 0.0376. The number of pyridine rings is 1. The Kier molecular flexibility index (Phi) is 11.2. The normalized spacial score (nSPS) is 13.4. The molecule has 0 saturated carbocycles. The molecule has 228 valence electrons. The van der Waals surface area contributed by atoms with Crippen molar-refractivity contribution >= 4 is 35.1 Å². The number of carbonyl (C=O) groups is 4. The van der Waals surface area contributed by atoms with Gasteiger partial charge in [-0.05, 0) is 53.4 Å². The van der Waals surface area contributed by atoms with Gasteiger partial charge in [-0.15, -0.1) is 0 Å². The molecule has 1 heterocycles. The second kappa shape index (κ2) is 14.6. The maximum atomic E-state index is 13.7. The van der Waals surface area contributed by atoms with E-state index in [0.29, 0.717) is 16.3 Å². The number of halogens is 4. The Morgan fingerprint density at radius 1 is 0.930 bits per heavy atom. The number of hydrogen-bond acceptors (Lipinski definition) is 6. The van der Waals surface area contributed by atoms with E-state index in [0.717, 1.165) is 0 Å². The van der Waals surface area contributed by atoms with E-state index in [1.54, 1.807) is 24.3 Å². The predicted molar refractivity (Wildman–Crippen MR) is 152 cm³/mol. The number of amides is 3. The molecule has 3 N–H and O–H groups in total. The number of ether oxygens (including phenoxy) is 1. The largest absolute Gasteiger partial charge is 0.497 e. The van der Waals surface area contributed by atoms with Gasteiger partial charge in [-0.2, -0.15) is 13.2 Å². The summed E-state index contributed by atoms with van der Waals surface area (Å²) in [5.41, 5.74) is 0.941. The lowest BCUT2D eigenvalue weighted by molar-refractivity contribution is -0.175. The number of Topliss-reactive ketones (excluding diaryl/α,β-unsaturated/α-hetero) is 1. The standard InChI is InChI=1S/C30H30ClF3N4O5/c1-17(2)24(26(39)30(32,33)34)37-29(42)25(19-9-11-22(43-3)12-10-19)38-28(41)23(14-18-6-5-13-35-16-18)36-27(40)20-7-4-8-21(31)15-20/h4-13,15-17,23-25H,14H2,1-3H3,(H,36,40)(H,37,42)(H,38,41)/t23-,24-,25-/m0/s1. The summed E-state index contributed by atoms with van der Waals surface area (Å²) in [5.74, 6) is -5.13. The van der Waals surface area contributed by atoms with Gasteiger partial charge in [0.15, 0.2) is 0 Å². The summed E-state index contributed by atoms with van der Waals surface area (Å²) in [6, 6.07) is 10.6. The molecule has 0 unspecified atom stereocenters. The van der Waals surface area contributed by atoms with Crippen LogP contribution in [0, 0.1) is 5.92 Å². The zero-order chi connectivity index (χ0) is 31.7. The van der Waals surface area contributed by atoms with Crippen molar-refractivity contribution in [3.05, 3.63) is 94.8 Å². The Morgan fingerprint density at radius 2 is 1.63 bits per heavy atom. The van der Waals surface area contributed by atoms with Gasteiger partial charge in [-0.1, -0.05) is 49.7 Å². The number of carbonyl (C=O) groups excluding carboxylic acids is 4. The summed E-state index contributed by atoms with van der Waals surface area (Å²) in [5, 5.41) is 7.61. The molecule has 9 nitrogen and oxygen atoms in total. The van der Waals surface area contributed by atoms with E-state index in [1.807, 2.05) is 0 Å². The van der Waals surface area contributed by atoms with Crippen LogP contribution in [0.4, 0.5) is 13.2 Å². The number of rotatable bonds is 12. The van der Waals surface area contributed by atoms with E-state index in [1.165, 1.54) is 69.7 Å². The quantitative estimate of drug-likeness (QED) is 0.279. The first-order valence-electron chi connectivity index (χ1n) is 13.1. The average Bonchev–Trinajstić information content (AvgIpc) is 2.97. The number of hydrogen-bond donors (Lipinski definition) is 3. The summed E-state index contributed by atoms with van der Waals surface area (Å²) in [6.45, 7) is 2.70. The summed E-state index contributed by atoms with van der Waals surface area (Å²) in [6.07, 6.45) is -2.21. The van der Waals surface area contributed by atoms with Gasteiger partial charge in [0, 0.05) is 29.4 Å². The van der Waals surface area contributed by atoms with Gasteiger partial charge in [0.25, 0.3) is 11.7 Å². The van der Waals surface area contributed by atoms with E-state index in [9.17, 15) is 32.3 Å². The van der Waals surface area contributed by atoms with Crippen molar-refractivity contribution in [2.75, 3.05) is 7.11 Å². The van der Waals surface area contributed by atoms with Crippen LogP contribution in [-0.2, 0) is 20.8 Å².